The van der Waals surface area contributed by atoms with Crippen LogP contribution >= 0.6 is 0 Å². The highest BCUT2D eigenvalue weighted by atomic mass is 19.1. The van der Waals surface area contributed by atoms with Gasteiger partial charge in [0.15, 0.2) is 0 Å². The molecule has 0 amide bonds. The van der Waals surface area contributed by atoms with E-state index in [1.165, 1.54) is 6.07 Å². The van der Waals surface area contributed by atoms with Crippen LogP contribution in [0.15, 0.2) is 54.7 Å². The van der Waals surface area contributed by atoms with E-state index in [-0.39, 0.29) is 5.82 Å². The van der Waals surface area contributed by atoms with Crippen LogP contribution in [0.1, 0.15) is 25.3 Å². The Balaban J connectivity index is 1.45. The number of nitriles is 1. The number of benzene rings is 2. The summed E-state index contributed by atoms with van der Waals surface area (Å²) in [5, 5.41) is 13.1. The summed E-state index contributed by atoms with van der Waals surface area (Å²) >= 11 is 0. The van der Waals surface area contributed by atoms with Crippen LogP contribution in [0.4, 0.5) is 21.7 Å². The van der Waals surface area contributed by atoms with Gasteiger partial charge in [-0.05, 0) is 54.7 Å². The Hall–Kier alpha value is -3.92. The van der Waals surface area contributed by atoms with E-state index in [0.717, 1.165) is 48.1 Å². The monoisotopic (exact) mass is 440 g/mol. The zero-order valence-corrected chi connectivity index (χ0v) is 18.5. The Bertz CT molecular complexity index is 1330. The van der Waals surface area contributed by atoms with Gasteiger partial charge in [-0.1, -0.05) is 25.1 Å². The maximum atomic E-state index is 14.9. The van der Waals surface area contributed by atoms with Gasteiger partial charge in [-0.25, -0.2) is 9.37 Å². The SMILES string of the molecule is CC1CCN(c2ccc(Nc3nc(-c4cccc(CC#N)c4)c4cc[nH]c4n3)cc2F)CC1. The topological polar surface area (TPSA) is 80.6 Å². The third-order valence-electron chi connectivity index (χ3n) is 6.23. The quantitative estimate of drug-likeness (QED) is 0.409. The van der Waals surface area contributed by atoms with Crippen molar-refractivity contribution in [3.63, 3.8) is 0 Å². The number of nitrogens with one attached hydrogen (secondary N) is 2. The molecule has 0 radical (unpaired) electrons. The van der Waals surface area contributed by atoms with Crippen LogP contribution in [0.25, 0.3) is 22.3 Å². The lowest BCUT2D eigenvalue weighted by Crippen LogP contribution is -2.33. The first-order valence-corrected chi connectivity index (χ1v) is 11.2. The predicted octanol–water partition coefficient (Wildman–Crippen LogP) is 5.81. The highest BCUT2D eigenvalue weighted by molar-refractivity contribution is 5.92. The number of aromatic nitrogens is 3. The molecule has 1 fully saturated rings. The van der Waals surface area contributed by atoms with Crippen LogP contribution < -0.4 is 10.2 Å². The first-order valence-electron chi connectivity index (χ1n) is 11.2. The summed E-state index contributed by atoms with van der Waals surface area (Å²) in [6.07, 6.45) is 4.32. The van der Waals surface area contributed by atoms with Gasteiger partial charge in [0.05, 0.1) is 23.9 Å². The van der Waals surface area contributed by atoms with Crippen LogP contribution in [0, 0.1) is 23.1 Å². The van der Waals surface area contributed by atoms with Crippen molar-refractivity contribution in [1.29, 1.82) is 5.26 Å². The highest BCUT2D eigenvalue weighted by Gasteiger charge is 2.19. The summed E-state index contributed by atoms with van der Waals surface area (Å²) < 4.78 is 14.9. The summed E-state index contributed by atoms with van der Waals surface area (Å²) in [5.41, 5.74) is 4.51. The maximum Gasteiger partial charge on any atom is 0.229 e. The largest absolute Gasteiger partial charge is 0.369 e. The number of fused-ring (bicyclic) bond motifs is 1. The lowest BCUT2D eigenvalue weighted by molar-refractivity contribution is 0.434. The van der Waals surface area contributed by atoms with Crippen LogP contribution in [0.5, 0.6) is 0 Å². The van der Waals surface area contributed by atoms with Crippen LogP contribution in [0.2, 0.25) is 0 Å². The van der Waals surface area contributed by atoms with Gasteiger partial charge in [0.1, 0.15) is 11.5 Å². The van der Waals surface area contributed by atoms with Gasteiger partial charge in [-0.3, -0.25) is 0 Å². The summed E-state index contributed by atoms with van der Waals surface area (Å²) in [5.74, 6) is 0.824. The molecule has 0 unspecified atom stereocenters. The maximum absolute atomic E-state index is 14.9. The number of hydrogen-bond donors (Lipinski definition) is 2. The smallest absolute Gasteiger partial charge is 0.229 e. The lowest BCUT2D eigenvalue weighted by atomic mass is 9.99. The van der Waals surface area contributed by atoms with Crippen molar-refractivity contribution >= 4 is 28.4 Å². The molecular formula is C26H25FN6. The number of anilines is 3. The second-order valence-electron chi connectivity index (χ2n) is 8.63. The average Bonchev–Trinajstić information content (AvgIpc) is 3.29. The molecule has 0 spiro atoms. The van der Waals surface area contributed by atoms with E-state index in [2.05, 4.69) is 33.2 Å². The Labute approximate surface area is 192 Å². The van der Waals surface area contributed by atoms with Crippen molar-refractivity contribution in [2.24, 2.45) is 5.92 Å². The normalized spacial score (nSPS) is 14.4. The van der Waals surface area contributed by atoms with E-state index >= 15 is 0 Å². The average molecular weight is 441 g/mol. The minimum atomic E-state index is -0.250. The fourth-order valence-corrected chi connectivity index (χ4v) is 4.36. The van der Waals surface area contributed by atoms with E-state index in [1.54, 1.807) is 0 Å². The number of hydrogen-bond acceptors (Lipinski definition) is 5. The Kier molecular flexibility index (Phi) is 5.66. The molecule has 6 nitrogen and oxygen atoms in total. The molecule has 5 rings (SSSR count). The molecule has 1 aliphatic rings. The molecule has 4 aromatic rings. The number of piperidine rings is 1. The molecule has 7 heteroatoms. The fourth-order valence-electron chi connectivity index (χ4n) is 4.36. The molecule has 2 aromatic carbocycles. The highest BCUT2D eigenvalue weighted by Crippen LogP contribution is 2.31. The van der Waals surface area contributed by atoms with Crippen LogP contribution in [0.3, 0.4) is 0 Å². The molecule has 2 aromatic heterocycles. The number of nitrogens with zero attached hydrogens (tertiary/aromatic N) is 4. The third kappa shape index (κ3) is 4.37. The van der Waals surface area contributed by atoms with Crippen LogP contribution in [-0.4, -0.2) is 28.0 Å². The van der Waals surface area contributed by atoms with Crippen molar-refractivity contribution in [1.82, 2.24) is 15.0 Å². The van der Waals surface area contributed by atoms with Crippen molar-refractivity contribution < 1.29 is 4.39 Å². The van der Waals surface area contributed by atoms with E-state index < -0.39 is 0 Å². The first kappa shape index (κ1) is 21.0. The Morgan fingerprint density at radius 1 is 1.15 bits per heavy atom. The van der Waals surface area contributed by atoms with Gasteiger partial charge in [0, 0.05) is 35.9 Å². The van der Waals surface area contributed by atoms with Crippen LogP contribution in [-0.2, 0) is 6.42 Å². The van der Waals surface area contributed by atoms with Gasteiger partial charge in [0.25, 0.3) is 0 Å². The molecule has 0 bridgehead atoms. The third-order valence-corrected chi connectivity index (χ3v) is 6.23. The number of H-pyrrole nitrogens is 1. The zero-order valence-electron chi connectivity index (χ0n) is 18.5. The summed E-state index contributed by atoms with van der Waals surface area (Å²) in [4.78, 5) is 14.6. The van der Waals surface area contributed by atoms with E-state index in [0.29, 0.717) is 35.3 Å². The zero-order chi connectivity index (χ0) is 22.8. The summed E-state index contributed by atoms with van der Waals surface area (Å²) in [7, 11) is 0. The van der Waals surface area contributed by atoms with Crippen molar-refractivity contribution in [3.05, 3.63) is 66.1 Å². The van der Waals surface area contributed by atoms with Crippen molar-refractivity contribution in [3.8, 4) is 17.3 Å². The Morgan fingerprint density at radius 3 is 2.79 bits per heavy atom. The fraction of sp³-hybridized carbons (Fsp3) is 0.269. The predicted molar refractivity (Wildman–Crippen MR) is 129 cm³/mol. The molecule has 1 aliphatic heterocycles. The molecule has 33 heavy (non-hydrogen) atoms. The van der Waals surface area contributed by atoms with Gasteiger partial charge >= 0.3 is 0 Å². The number of halogens is 1. The van der Waals surface area contributed by atoms with Gasteiger partial charge < -0.3 is 15.2 Å². The molecule has 2 N–H and O–H groups in total. The molecular weight excluding hydrogens is 415 g/mol. The molecule has 0 saturated carbocycles. The first-order chi connectivity index (χ1) is 16.1. The van der Waals surface area contributed by atoms with E-state index in [9.17, 15) is 4.39 Å². The lowest BCUT2D eigenvalue weighted by Gasteiger charge is -2.32. The van der Waals surface area contributed by atoms with Gasteiger partial charge in [-0.2, -0.15) is 10.2 Å². The number of rotatable bonds is 5. The van der Waals surface area contributed by atoms with Gasteiger partial charge in [-0.15, -0.1) is 0 Å². The van der Waals surface area contributed by atoms with Crippen molar-refractivity contribution in [2.75, 3.05) is 23.3 Å². The molecule has 0 aliphatic carbocycles. The van der Waals surface area contributed by atoms with E-state index in [4.69, 9.17) is 10.2 Å². The number of aromatic amines is 1. The second kappa shape index (κ2) is 8.91. The standard InChI is InChI=1S/C26H25FN6/c1-17-9-13-33(14-10-17)23-6-5-20(16-22(23)27)30-26-31-24(21-8-12-29-25(21)32-26)19-4-2-3-18(15-19)7-11-28/h2-6,8,12,15-17H,7,9-10,13-14H2,1H3,(H2,29,30,31,32). The molecule has 1 saturated heterocycles. The second-order valence-corrected chi connectivity index (χ2v) is 8.63. The van der Waals surface area contributed by atoms with Gasteiger partial charge in [0.2, 0.25) is 5.95 Å². The van der Waals surface area contributed by atoms with Crippen molar-refractivity contribution in [2.45, 2.75) is 26.2 Å². The summed E-state index contributed by atoms with van der Waals surface area (Å²) in [6, 6.07) is 17.1. The molecule has 3 heterocycles. The minimum absolute atomic E-state index is 0.250. The Morgan fingerprint density at radius 2 is 2.00 bits per heavy atom. The van der Waals surface area contributed by atoms with E-state index in [1.807, 2.05) is 48.7 Å². The minimum Gasteiger partial charge on any atom is -0.369 e. The molecule has 0 atom stereocenters. The molecule has 166 valence electrons. The summed E-state index contributed by atoms with van der Waals surface area (Å²) in [6.45, 7) is 4.01.